The van der Waals surface area contributed by atoms with E-state index in [0.29, 0.717) is 0 Å². The third kappa shape index (κ3) is 7.88. The number of anilines is 1. The van der Waals surface area contributed by atoms with Gasteiger partial charge in [0.05, 0.1) is 12.3 Å². The first-order valence-electron chi connectivity index (χ1n) is 13.3. The molecule has 4 aromatic rings. The lowest BCUT2D eigenvalue weighted by molar-refractivity contribution is -0.114. The molecule has 1 amide bonds. The predicted molar refractivity (Wildman–Crippen MR) is 167 cm³/mol. The molecule has 2 unspecified atom stereocenters. The molecule has 0 aromatic heterocycles. The number of benzene rings is 4. The summed E-state index contributed by atoms with van der Waals surface area (Å²) in [4.78, 5) is 11.6. The Balaban J connectivity index is 0.00000420. The number of hydrogen-bond acceptors (Lipinski definition) is 2. The highest BCUT2D eigenvalue weighted by Gasteiger charge is 2.48. The van der Waals surface area contributed by atoms with Crippen molar-refractivity contribution in [2.75, 3.05) is 11.5 Å². The minimum Gasteiger partial charge on any atom is -1.00 e. The van der Waals surface area contributed by atoms with Gasteiger partial charge in [0.15, 0.2) is 8.32 Å². The topological polar surface area (TPSA) is 38.3 Å². The van der Waals surface area contributed by atoms with Crippen LogP contribution in [-0.2, 0) is 9.22 Å². The number of rotatable bonds is 10. The van der Waals surface area contributed by atoms with Crippen LogP contribution < -0.4 is 45.2 Å². The van der Waals surface area contributed by atoms with Gasteiger partial charge >= 0.3 is 0 Å². The average Bonchev–Trinajstić information content (AvgIpc) is 2.91. The second-order valence-electron chi connectivity index (χ2n) is 10.9. The Kier molecular flexibility index (Phi) is 11.1. The van der Waals surface area contributed by atoms with E-state index in [2.05, 4.69) is 135 Å². The Morgan fingerprint density at radius 3 is 1.51 bits per heavy atom. The third-order valence-electron chi connectivity index (χ3n) is 6.71. The van der Waals surface area contributed by atoms with Crippen molar-refractivity contribution in [3.05, 3.63) is 121 Å². The number of carbonyl (C=O) groups excluding carboxylic acids is 1. The third-order valence-corrected chi connectivity index (χ3v) is 12.3. The maximum atomic E-state index is 11.6. The summed E-state index contributed by atoms with van der Waals surface area (Å²) in [5.41, 5.74) is 1.96. The smallest absolute Gasteiger partial charge is 0.221 e. The van der Waals surface area contributed by atoms with Crippen LogP contribution in [0.4, 0.5) is 5.69 Å². The summed E-state index contributed by atoms with van der Waals surface area (Å²) in [6.07, 6.45) is 0.928. The van der Waals surface area contributed by atoms with E-state index in [1.54, 1.807) is 0 Å². The normalized spacial score (nSPS) is 13.2. The van der Waals surface area contributed by atoms with Gasteiger partial charge in [0, 0.05) is 18.5 Å². The molecular formula is C33H39INO2PSi. The molecule has 4 aromatic carbocycles. The van der Waals surface area contributed by atoms with E-state index >= 15 is 0 Å². The lowest BCUT2D eigenvalue weighted by Crippen LogP contribution is -3.00. The Hall–Kier alpha value is -2.31. The lowest BCUT2D eigenvalue weighted by atomic mass is 9.99. The van der Waals surface area contributed by atoms with E-state index < -0.39 is 15.6 Å². The fraction of sp³-hybridized carbons (Fsp3) is 0.242. The zero-order chi connectivity index (χ0) is 27.2. The molecule has 0 aliphatic heterocycles. The van der Waals surface area contributed by atoms with Crippen molar-refractivity contribution in [1.82, 2.24) is 0 Å². The predicted octanol–water partition coefficient (Wildman–Crippen LogP) is 4.17. The molecule has 0 saturated carbocycles. The molecule has 39 heavy (non-hydrogen) atoms. The van der Waals surface area contributed by atoms with Crippen molar-refractivity contribution in [2.45, 2.75) is 39.6 Å². The van der Waals surface area contributed by atoms with Gasteiger partial charge in [-0.15, -0.1) is 0 Å². The van der Waals surface area contributed by atoms with Crippen molar-refractivity contribution in [2.24, 2.45) is 5.92 Å². The van der Waals surface area contributed by atoms with E-state index in [0.717, 1.165) is 17.4 Å². The minimum absolute atomic E-state index is 0. The van der Waals surface area contributed by atoms with Crippen LogP contribution in [-0.4, -0.2) is 20.4 Å². The number of nitrogens with one attached hydrogen (secondary N) is 1. The van der Waals surface area contributed by atoms with E-state index in [4.69, 9.17) is 4.43 Å². The standard InChI is InChI=1S/C33H38NO2PSi.HI/c1-26(33(36-38(3,4)5)28-21-23-29(24-22-28)34-27(2)35)25-37(30-15-9-6-10-16-30,31-17-11-7-12-18-31)32-19-13-8-14-20-32;/h6-24,26,33H,25H2,1-5H3;1H. The Morgan fingerprint density at radius 2 is 1.15 bits per heavy atom. The fourth-order valence-corrected chi connectivity index (χ4v) is 10.9. The van der Waals surface area contributed by atoms with Gasteiger partial charge in [0.25, 0.3) is 0 Å². The van der Waals surface area contributed by atoms with Crippen molar-refractivity contribution >= 4 is 43.1 Å². The van der Waals surface area contributed by atoms with Crippen LogP contribution in [0.3, 0.4) is 0 Å². The van der Waals surface area contributed by atoms with Crippen molar-refractivity contribution in [1.29, 1.82) is 0 Å². The van der Waals surface area contributed by atoms with Gasteiger partial charge in [-0.25, -0.2) is 0 Å². The summed E-state index contributed by atoms with van der Waals surface area (Å²) in [7, 11) is -3.88. The van der Waals surface area contributed by atoms with E-state index in [-0.39, 0.29) is 41.9 Å². The molecule has 1 N–H and O–H groups in total. The van der Waals surface area contributed by atoms with Crippen molar-refractivity contribution < 1.29 is 33.2 Å². The molecule has 6 heteroatoms. The van der Waals surface area contributed by atoms with Gasteiger partial charge < -0.3 is 33.7 Å². The second-order valence-corrected chi connectivity index (χ2v) is 18.9. The maximum absolute atomic E-state index is 11.6. The molecule has 0 aliphatic carbocycles. The van der Waals surface area contributed by atoms with E-state index in [9.17, 15) is 4.79 Å². The van der Waals surface area contributed by atoms with Crippen molar-refractivity contribution in [3.63, 3.8) is 0 Å². The summed E-state index contributed by atoms with van der Waals surface area (Å²) in [5.74, 6) is 0.173. The molecule has 204 valence electrons. The Bertz CT molecular complexity index is 1220. The quantitative estimate of drug-likeness (QED) is 0.157. The molecular weight excluding hydrogens is 628 g/mol. The fourth-order valence-electron chi connectivity index (χ4n) is 5.19. The number of carbonyl (C=O) groups is 1. The maximum Gasteiger partial charge on any atom is 0.221 e. The molecule has 0 radical (unpaired) electrons. The minimum atomic E-state index is -2.00. The first-order chi connectivity index (χ1) is 18.2. The molecule has 0 bridgehead atoms. The highest BCUT2D eigenvalue weighted by molar-refractivity contribution is 7.95. The summed E-state index contributed by atoms with van der Waals surface area (Å²) in [6.45, 7) is 10.6. The molecule has 0 spiro atoms. The van der Waals surface area contributed by atoms with E-state index in [1.807, 2.05) is 12.1 Å². The first kappa shape index (κ1) is 31.2. The van der Waals surface area contributed by atoms with Crippen LogP contribution in [0, 0.1) is 5.92 Å². The molecule has 0 fully saturated rings. The Labute approximate surface area is 252 Å². The highest BCUT2D eigenvalue weighted by Crippen LogP contribution is 2.58. The number of hydrogen-bond donors (Lipinski definition) is 1. The van der Waals surface area contributed by atoms with Crippen LogP contribution in [0.5, 0.6) is 0 Å². The van der Waals surface area contributed by atoms with Gasteiger partial charge in [-0.1, -0.05) is 73.7 Å². The molecule has 4 rings (SSSR count). The van der Waals surface area contributed by atoms with Gasteiger partial charge in [-0.05, 0) is 73.7 Å². The van der Waals surface area contributed by atoms with Crippen LogP contribution in [0.25, 0.3) is 0 Å². The molecule has 0 aliphatic rings. The largest absolute Gasteiger partial charge is 1.00 e. The first-order valence-corrected chi connectivity index (χ1v) is 18.7. The van der Waals surface area contributed by atoms with Crippen LogP contribution in [0.1, 0.15) is 25.5 Å². The summed E-state index contributed by atoms with van der Waals surface area (Å²) < 4.78 is 6.93. The zero-order valence-corrected chi connectivity index (χ0v) is 27.5. The molecule has 3 nitrogen and oxygen atoms in total. The molecule has 2 atom stereocenters. The van der Waals surface area contributed by atoms with Crippen LogP contribution >= 0.6 is 7.26 Å². The van der Waals surface area contributed by atoms with Crippen molar-refractivity contribution in [3.8, 4) is 0 Å². The number of halogens is 1. The van der Waals surface area contributed by atoms with Crippen LogP contribution in [0.2, 0.25) is 19.6 Å². The molecule has 0 saturated heterocycles. The summed E-state index contributed by atoms with van der Waals surface area (Å²) in [5, 5.41) is 7.04. The van der Waals surface area contributed by atoms with Crippen LogP contribution in [0.15, 0.2) is 115 Å². The molecule has 0 heterocycles. The zero-order valence-electron chi connectivity index (χ0n) is 23.5. The summed E-state index contributed by atoms with van der Waals surface area (Å²) >= 11 is 0. The number of amides is 1. The summed E-state index contributed by atoms with van der Waals surface area (Å²) in [6, 6.07) is 41.3. The Morgan fingerprint density at radius 1 is 0.744 bits per heavy atom. The lowest BCUT2D eigenvalue weighted by Gasteiger charge is -2.35. The monoisotopic (exact) mass is 667 g/mol. The van der Waals surface area contributed by atoms with Gasteiger partial charge in [-0.2, -0.15) is 0 Å². The second kappa shape index (κ2) is 13.8. The highest BCUT2D eigenvalue weighted by atomic mass is 127. The van der Waals surface area contributed by atoms with Gasteiger partial charge in [0.2, 0.25) is 5.91 Å². The van der Waals surface area contributed by atoms with E-state index in [1.165, 1.54) is 22.8 Å². The SMILES string of the molecule is CC(=O)Nc1ccc(C(O[Si](C)(C)C)C(C)C[P+](c2ccccc2)(c2ccccc2)c2ccccc2)cc1.[I-]. The average molecular weight is 668 g/mol. The van der Waals surface area contributed by atoms with Gasteiger partial charge in [-0.3, -0.25) is 4.79 Å². The van der Waals surface area contributed by atoms with Gasteiger partial charge in [0.1, 0.15) is 23.2 Å².